The van der Waals surface area contributed by atoms with E-state index < -0.39 is 54.4 Å². The molecular weight excluding hydrogens is 734 g/mol. The molecule has 0 bridgehead atoms. The average Bonchev–Trinajstić information content (AvgIpc) is 3.61. The van der Waals surface area contributed by atoms with E-state index in [1.54, 1.807) is 30.4 Å². The maximum atomic E-state index is 12.9. The highest BCUT2D eigenvalue weighted by molar-refractivity contribution is 5.86. The Kier molecular flexibility index (Phi) is 15.0. The summed E-state index contributed by atoms with van der Waals surface area (Å²) in [6, 6.07) is 1.96. The third-order valence-electron chi connectivity index (χ3n) is 9.57. The molecule has 3 amide bonds. The molecule has 3 aliphatic rings. The molecule has 1 saturated carbocycles. The van der Waals surface area contributed by atoms with Gasteiger partial charge in [-0.3, -0.25) is 9.59 Å². The van der Waals surface area contributed by atoms with Crippen LogP contribution in [-0.2, 0) is 36.9 Å². The van der Waals surface area contributed by atoms with Crippen LogP contribution in [0.15, 0.2) is 12.3 Å². The van der Waals surface area contributed by atoms with Gasteiger partial charge in [0, 0.05) is 70.6 Å². The van der Waals surface area contributed by atoms with Crippen molar-refractivity contribution in [2.45, 2.75) is 102 Å². The number of aliphatic hydroxyl groups is 4. The first kappa shape index (κ1) is 42.7. The lowest BCUT2D eigenvalue weighted by Crippen LogP contribution is -2.59. The summed E-state index contributed by atoms with van der Waals surface area (Å²) in [4.78, 5) is 50.7. The topological polar surface area (TPSA) is 271 Å². The molecule has 2 aromatic rings. The summed E-state index contributed by atoms with van der Waals surface area (Å²) in [5.74, 6) is 0.865. The molecule has 312 valence electrons. The lowest BCUT2D eigenvalue weighted by molar-refractivity contribution is -0.172. The minimum absolute atomic E-state index is 0.0186. The van der Waals surface area contributed by atoms with Crippen molar-refractivity contribution in [1.82, 2.24) is 40.5 Å². The number of anilines is 3. The van der Waals surface area contributed by atoms with Gasteiger partial charge in [0.15, 0.2) is 0 Å². The van der Waals surface area contributed by atoms with Crippen LogP contribution in [0.2, 0.25) is 0 Å². The first-order valence-corrected chi connectivity index (χ1v) is 19.2. The van der Waals surface area contributed by atoms with Gasteiger partial charge in [-0.05, 0) is 33.6 Å². The number of aliphatic hydroxyl groups excluding tert-OH is 3. The number of piperidine rings is 1. The van der Waals surface area contributed by atoms with Crippen molar-refractivity contribution in [2.24, 2.45) is 0 Å². The third-order valence-corrected chi connectivity index (χ3v) is 9.57. The lowest BCUT2D eigenvalue weighted by Gasteiger charge is -2.39. The fourth-order valence-electron chi connectivity index (χ4n) is 6.59. The summed E-state index contributed by atoms with van der Waals surface area (Å²) in [5.41, 5.74) is -1.91. The summed E-state index contributed by atoms with van der Waals surface area (Å²) >= 11 is 0. The summed E-state index contributed by atoms with van der Waals surface area (Å²) < 4.78 is 18.0. The Bertz CT molecular complexity index is 1580. The van der Waals surface area contributed by atoms with Gasteiger partial charge < -0.3 is 65.7 Å². The molecule has 0 spiro atoms. The van der Waals surface area contributed by atoms with Crippen molar-refractivity contribution < 1.29 is 49.0 Å². The van der Waals surface area contributed by atoms with Crippen LogP contribution in [0, 0.1) is 0 Å². The Labute approximate surface area is 325 Å². The Balaban J connectivity index is 1.06. The number of morpholine rings is 1. The van der Waals surface area contributed by atoms with E-state index in [1.165, 1.54) is 0 Å². The number of likely N-dealkylation sites (tertiary alicyclic amines) is 1. The number of ether oxygens (including phenoxy) is 3. The van der Waals surface area contributed by atoms with Gasteiger partial charge in [-0.25, -0.2) is 9.48 Å². The lowest BCUT2D eigenvalue weighted by atomic mass is 9.79. The molecule has 21 nitrogen and oxygen atoms in total. The van der Waals surface area contributed by atoms with Crippen LogP contribution in [0.4, 0.5) is 22.4 Å². The van der Waals surface area contributed by atoms with Gasteiger partial charge in [-0.1, -0.05) is 5.21 Å². The highest BCUT2D eigenvalue weighted by atomic mass is 16.6. The van der Waals surface area contributed by atoms with Crippen LogP contribution in [0.5, 0.6) is 0 Å². The van der Waals surface area contributed by atoms with Gasteiger partial charge in [0.05, 0.1) is 57.9 Å². The molecule has 0 radical (unpaired) electrons. The number of carbonyl (C=O) groups is 3. The van der Waals surface area contributed by atoms with Crippen LogP contribution < -0.4 is 26.2 Å². The molecule has 0 aromatic carbocycles. The van der Waals surface area contributed by atoms with E-state index in [9.17, 15) is 34.8 Å². The Morgan fingerprint density at radius 3 is 2.39 bits per heavy atom. The fourth-order valence-corrected chi connectivity index (χ4v) is 6.59. The zero-order valence-corrected chi connectivity index (χ0v) is 32.4. The second kappa shape index (κ2) is 19.6. The summed E-state index contributed by atoms with van der Waals surface area (Å²) in [7, 11) is 0. The van der Waals surface area contributed by atoms with Crippen LogP contribution >= 0.6 is 0 Å². The molecule has 2 atom stereocenters. The molecule has 21 heteroatoms. The maximum Gasteiger partial charge on any atom is 0.407 e. The van der Waals surface area contributed by atoms with E-state index in [0.717, 1.165) is 5.82 Å². The second-order valence-electron chi connectivity index (χ2n) is 15.3. The molecule has 2 aromatic heterocycles. The molecule has 2 unspecified atom stereocenters. The average molecular weight is 792 g/mol. The number of aromatic nitrogens is 5. The van der Waals surface area contributed by atoms with Gasteiger partial charge in [0.2, 0.25) is 11.9 Å². The van der Waals surface area contributed by atoms with Crippen molar-refractivity contribution in [3.63, 3.8) is 0 Å². The van der Waals surface area contributed by atoms with Crippen molar-refractivity contribution in [3.8, 4) is 0 Å². The second-order valence-corrected chi connectivity index (χ2v) is 15.3. The molecule has 5 rings (SSSR count). The third kappa shape index (κ3) is 12.8. The van der Waals surface area contributed by atoms with Gasteiger partial charge in [0.1, 0.15) is 34.6 Å². The van der Waals surface area contributed by atoms with Crippen molar-refractivity contribution >= 4 is 35.5 Å². The van der Waals surface area contributed by atoms with Crippen molar-refractivity contribution in [1.29, 1.82) is 0 Å². The first-order valence-electron chi connectivity index (χ1n) is 19.2. The molecule has 3 fully saturated rings. The van der Waals surface area contributed by atoms with Gasteiger partial charge in [-0.15, -0.1) is 5.10 Å². The van der Waals surface area contributed by atoms with Gasteiger partial charge in [-0.2, -0.15) is 9.97 Å². The molecule has 8 N–H and O–H groups in total. The highest BCUT2D eigenvalue weighted by Crippen LogP contribution is 2.29. The molecule has 2 saturated heterocycles. The molecule has 1 aliphatic carbocycles. The van der Waals surface area contributed by atoms with E-state index in [4.69, 9.17) is 24.2 Å². The monoisotopic (exact) mass is 791 g/mol. The number of alkyl carbamates (subject to hydrolysis) is 1. The van der Waals surface area contributed by atoms with Gasteiger partial charge in [0.25, 0.3) is 5.91 Å². The standard InChI is InChI=1S/C35H57N11O10/c1-34(2,3)56-33(52)37-8-14-54-17-13-46-22-24(42-43-46)21-38-32-40-27(18-28(41-32)44-11-15-55-16-12-44)39-23-5-9-45(10-6-23)29(49)4-7-36-31(51)35(53)19-25(47)30(50)26(48)20-35/h18,22-23,25-26,30,47-48,50,53H,4-17,19-21H2,1-3H3,(H,36,51)(H,37,52)(H2,38,39,40,41). The van der Waals surface area contributed by atoms with E-state index >= 15 is 0 Å². The minimum Gasteiger partial charge on any atom is -0.444 e. The predicted octanol–water partition coefficient (Wildman–Crippen LogP) is -1.43. The summed E-state index contributed by atoms with van der Waals surface area (Å²) in [6.07, 6.45) is -2.46. The Morgan fingerprint density at radius 2 is 1.70 bits per heavy atom. The van der Waals surface area contributed by atoms with Crippen LogP contribution in [0.1, 0.15) is 58.6 Å². The fraction of sp³-hybridized carbons (Fsp3) is 0.743. The zero-order chi connectivity index (χ0) is 40.3. The van der Waals surface area contributed by atoms with Crippen LogP contribution in [0.3, 0.4) is 0 Å². The predicted molar refractivity (Wildman–Crippen MR) is 201 cm³/mol. The van der Waals surface area contributed by atoms with Crippen LogP contribution in [-0.4, -0.2) is 169 Å². The number of carbonyl (C=O) groups excluding carboxylic acids is 3. The van der Waals surface area contributed by atoms with E-state index in [1.807, 2.05) is 12.3 Å². The minimum atomic E-state index is -2.04. The van der Waals surface area contributed by atoms with Crippen molar-refractivity contribution in [2.75, 3.05) is 81.2 Å². The molecule has 4 heterocycles. The SMILES string of the molecule is CC(C)(C)OC(=O)NCCOCCn1cc(CNc2nc(NC3CCN(C(=O)CCNC(=O)C4(O)CC(O)C(O)C(O)C4)CC3)cc(N3CCOCC3)n2)nn1. The summed E-state index contributed by atoms with van der Waals surface area (Å²) in [6.45, 7) is 10.8. The molecule has 2 aliphatic heterocycles. The Morgan fingerprint density at radius 1 is 0.982 bits per heavy atom. The van der Waals surface area contributed by atoms with Gasteiger partial charge >= 0.3 is 6.09 Å². The Hall–Kier alpha value is -4.41. The normalized spacial score (nSPS) is 23.4. The maximum absolute atomic E-state index is 12.9. The molecule has 56 heavy (non-hydrogen) atoms. The summed E-state index contributed by atoms with van der Waals surface area (Å²) in [5, 5.41) is 60.6. The number of nitrogens with one attached hydrogen (secondary N) is 4. The largest absolute Gasteiger partial charge is 0.444 e. The number of rotatable bonds is 16. The number of hydrogen-bond acceptors (Lipinski definition) is 17. The van der Waals surface area contributed by atoms with Crippen LogP contribution in [0.25, 0.3) is 0 Å². The quantitative estimate of drug-likeness (QED) is 0.0906. The van der Waals surface area contributed by atoms with E-state index in [-0.39, 0.29) is 24.9 Å². The molecular formula is C35H57N11O10. The smallest absolute Gasteiger partial charge is 0.407 e. The van der Waals surface area contributed by atoms with Crippen molar-refractivity contribution in [3.05, 3.63) is 18.0 Å². The number of hydrogen-bond donors (Lipinski definition) is 8. The number of amides is 3. The van der Waals surface area contributed by atoms with E-state index in [2.05, 4.69) is 36.5 Å². The first-order chi connectivity index (χ1) is 26.7. The number of nitrogens with zero attached hydrogens (tertiary/aromatic N) is 7. The van der Waals surface area contributed by atoms with E-state index in [0.29, 0.717) is 103 Å². The highest BCUT2D eigenvalue weighted by Gasteiger charge is 2.48. The zero-order valence-electron chi connectivity index (χ0n) is 32.4.